The molecule has 1 aliphatic rings. The average Bonchev–Trinajstić information content (AvgIpc) is 2.87. The number of carboxylic acids is 1. The first-order valence-electron chi connectivity index (χ1n) is 12.9. The van der Waals surface area contributed by atoms with Crippen LogP contribution in [0.15, 0.2) is 30.3 Å². The van der Waals surface area contributed by atoms with E-state index in [1.165, 1.54) is 19.1 Å². The van der Waals surface area contributed by atoms with Crippen LogP contribution in [0.25, 0.3) is 11.3 Å². The second-order valence-corrected chi connectivity index (χ2v) is 9.34. The summed E-state index contributed by atoms with van der Waals surface area (Å²) in [6.07, 6.45) is 7.83. The van der Waals surface area contributed by atoms with Crippen molar-refractivity contribution in [2.45, 2.75) is 78.7 Å². The Kier molecular flexibility index (Phi) is 12.4. The number of aliphatic carboxylic acids is 1. The summed E-state index contributed by atoms with van der Waals surface area (Å²) in [6.45, 7) is 10.4. The number of ether oxygens (including phenoxy) is 1. The van der Waals surface area contributed by atoms with Crippen molar-refractivity contribution in [2.75, 3.05) is 18.5 Å². The van der Waals surface area contributed by atoms with Crippen molar-refractivity contribution in [1.82, 2.24) is 9.97 Å². The van der Waals surface area contributed by atoms with E-state index in [4.69, 9.17) is 15.3 Å². The minimum atomic E-state index is -0.706. The maximum Gasteiger partial charge on any atom is 0.306 e. The maximum absolute atomic E-state index is 11.1. The van der Waals surface area contributed by atoms with Crippen LogP contribution < -0.4 is 5.32 Å². The zero-order valence-electron chi connectivity index (χ0n) is 21.7. The Morgan fingerprint density at radius 2 is 1.86 bits per heavy atom. The Bertz CT molecular complexity index is 912. The first kappa shape index (κ1) is 28.4. The number of benzene rings is 1. The number of anilines is 1. The highest BCUT2D eigenvalue weighted by atomic mass is 16.5. The average molecular weight is 483 g/mol. The quantitative estimate of drug-likeness (QED) is 0.254. The fraction of sp³-hybridized carbons (Fsp3) is 0.571. The summed E-state index contributed by atoms with van der Waals surface area (Å²) in [5.74, 6) is 1.18. The van der Waals surface area contributed by atoms with Gasteiger partial charge in [0.15, 0.2) is 0 Å². The number of nitrogens with zero attached hydrogens (tertiary/aromatic N) is 2. The van der Waals surface area contributed by atoms with Crippen molar-refractivity contribution in [1.29, 1.82) is 5.41 Å². The molecule has 3 rings (SSSR count). The number of nitrogens with one attached hydrogen (secondary N) is 2. The van der Waals surface area contributed by atoms with E-state index < -0.39 is 5.97 Å². The summed E-state index contributed by atoms with van der Waals surface area (Å²) in [4.78, 5) is 20.1. The molecule has 0 bridgehead atoms. The minimum Gasteiger partial charge on any atom is -0.481 e. The summed E-state index contributed by atoms with van der Waals surface area (Å²) in [7, 11) is 0. The topological polar surface area (TPSA) is 108 Å². The molecule has 1 heterocycles. The predicted octanol–water partition coefficient (Wildman–Crippen LogP) is 6.35. The van der Waals surface area contributed by atoms with Gasteiger partial charge in [-0.15, -0.1) is 0 Å². The minimum absolute atomic E-state index is 0.173. The SMILES string of the molecule is CCCOCCC(C)CC.Cc1nc(NC2CCC(C(=O)O)CC2)c(C=N)c(-c2ccccc2)n1. The zero-order valence-corrected chi connectivity index (χ0v) is 21.7. The molecule has 35 heavy (non-hydrogen) atoms. The fourth-order valence-corrected chi connectivity index (χ4v) is 4.06. The lowest BCUT2D eigenvalue weighted by Crippen LogP contribution is -2.30. The van der Waals surface area contributed by atoms with Gasteiger partial charge in [-0.2, -0.15) is 0 Å². The van der Waals surface area contributed by atoms with Gasteiger partial charge in [0.2, 0.25) is 0 Å². The van der Waals surface area contributed by atoms with Gasteiger partial charge in [0.05, 0.1) is 17.2 Å². The van der Waals surface area contributed by atoms with E-state index in [0.29, 0.717) is 30.0 Å². The predicted molar refractivity (Wildman–Crippen MR) is 142 cm³/mol. The molecule has 7 heteroatoms. The van der Waals surface area contributed by atoms with E-state index in [9.17, 15) is 4.79 Å². The molecule has 0 radical (unpaired) electrons. The third-order valence-electron chi connectivity index (χ3n) is 6.47. The zero-order chi connectivity index (χ0) is 25.6. The molecular formula is C28H42N4O3. The number of hydrogen-bond acceptors (Lipinski definition) is 6. The van der Waals surface area contributed by atoms with Gasteiger partial charge in [-0.3, -0.25) is 4.79 Å². The molecule has 2 aromatic rings. The van der Waals surface area contributed by atoms with Crippen LogP contribution >= 0.6 is 0 Å². The van der Waals surface area contributed by atoms with E-state index >= 15 is 0 Å². The van der Waals surface area contributed by atoms with Gasteiger partial charge < -0.3 is 20.6 Å². The molecule has 1 aliphatic carbocycles. The Balaban J connectivity index is 0.000000367. The molecule has 1 unspecified atom stereocenters. The molecule has 0 spiro atoms. The number of rotatable bonds is 11. The number of hydrogen-bond donors (Lipinski definition) is 3. The first-order chi connectivity index (χ1) is 16.9. The van der Waals surface area contributed by atoms with Crippen LogP contribution in [0.1, 0.15) is 77.1 Å². The molecule has 1 atom stereocenters. The molecule has 0 saturated heterocycles. The van der Waals surface area contributed by atoms with E-state index in [1.54, 1.807) is 0 Å². The van der Waals surface area contributed by atoms with Crippen LogP contribution in [0.4, 0.5) is 5.82 Å². The van der Waals surface area contributed by atoms with Gasteiger partial charge in [0.1, 0.15) is 11.6 Å². The van der Waals surface area contributed by atoms with E-state index in [-0.39, 0.29) is 12.0 Å². The van der Waals surface area contributed by atoms with E-state index in [0.717, 1.165) is 49.7 Å². The van der Waals surface area contributed by atoms with E-state index in [2.05, 4.69) is 36.1 Å². The summed E-state index contributed by atoms with van der Waals surface area (Å²) >= 11 is 0. The number of carboxylic acid groups (broad SMARTS) is 1. The van der Waals surface area contributed by atoms with Crippen molar-refractivity contribution in [2.24, 2.45) is 11.8 Å². The van der Waals surface area contributed by atoms with Crippen LogP contribution in [0, 0.1) is 24.2 Å². The molecule has 1 aromatic carbocycles. The summed E-state index contributed by atoms with van der Waals surface area (Å²) in [5, 5.41) is 20.4. The molecule has 1 saturated carbocycles. The molecular weight excluding hydrogens is 440 g/mol. The van der Waals surface area contributed by atoms with Crippen molar-refractivity contribution in [3.63, 3.8) is 0 Å². The van der Waals surface area contributed by atoms with Crippen LogP contribution in [-0.2, 0) is 9.53 Å². The van der Waals surface area contributed by atoms with Crippen molar-refractivity contribution in [3.05, 3.63) is 41.7 Å². The fourth-order valence-electron chi connectivity index (χ4n) is 4.06. The summed E-state index contributed by atoms with van der Waals surface area (Å²) in [5.41, 5.74) is 2.35. The van der Waals surface area contributed by atoms with Crippen LogP contribution in [0.5, 0.6) is 0 Å². The lowest BCUT2D eigenvalue weighted by Gasteiger charge is -2.28. The molecule has 0 amide bonds. The normalized spacial score (nSPS) is 18.2. The molecule has 192 valence electrons. The monoisotopic (exact) mass is 482 g/mol. The highest BCUT2D eigenvalue weighted by molar-refractivity contribution is 5.92. The number of aromatic nitrogens is 2. The lowest BCUT2D eigenvalue weighted by molar-refractivity contribution is -0.142. The summed E-state index contributed by atoms with van der Waals surface area (Å²) in [6, 6.07) is 9.95. The second-order valence-electron chi connectivity index (χ2n) is 9.34. The van der Waals surface area contributed by atoms with Crippen LogP contribution in [0.2, 0.25) is 0 Å². The highest BCUT2D eigenvalue weighted by Gasteiger charge is 2.26. The number of carbonyl (C=O) groups is 1. The molecule has 1 aromatic heterocycles. The number of aryl methyl sites for hydroxylation is 1. The van der Waals surface area contributed by atoms with Gasteiger partial charge in [-0.05, 0) is 51.4 Å². The van der Waals surface area contributed by atoms with Crippen molar-refractivity contribution >= 4 is 18.0 Å². The van der Waals surface area contributed by atoms with Gasteiger partial charge in [-0.1, -0.05) is 57.5 Å². The van der Waals surface area contributed by atoms with E-state index in [1.807, 2.05) is 37.3 Å². The Morgan fingerprint density at radius 1 is 1.17 bits per heavy atom. The van der Waals surface area contributed by atoms with Gasteiger partial charge in [0, 0.05) is 31.0 Å². The molecule has 0 aliphatic heterocycles. The van der Waals surface area contributed by atoms with Crippen LogP contribution in [0.3, 0.4) is 0 Å². The van der Waals surface area contributed by atoms with Gasteiger partial charge >= 0.3 is 5.97 Å². The van der Waals surface area contributed by atoms with Crippen molar-refractivity contribution < 1.29 is 14.6 Å². The third-order valence-corrected chi connectivity index (χ3v) is 6.47. The highest BCUT2D eigenvalue weighted by Crippen LogP contribution is 2.30. The Labute approximate surface area is 210 Å². The molecule has 1 fully saturated rings. The van der Waals surface area contributed by atoms with Crippen LogP contribution in [-0.4, -0.2) is 46.5 Å². The standard InChI is InChI=1S/C19H22N4O2.C9H20O/c1-12-21-17(13-5-3-2-4-6-13)16(11-20)18(22-12)23-15-9-7-14(8-10-15)19(24)25;1-4-7-10-8-6-9(3)5-2/h2-6,11,14-15,20H,7-10H2,1H3,(H,24,25)(H,21,22,23);9H,4-8H2,1-3H3. The Hall–Kier alpha value is -2.80. The smallest absolute Gasteiger partial charge is 0.306 e. The molecule has 3 N–H and O–H groups in total. The Morgan fingerprint density at radius 3 is 2.43 bits per heavy atom. The van der Waals surface area contributed by atoms with Crippen molar-refractivity contribution in [3.8, 4) is 11.3 Å². The maximum atomic E-state index is 11.1. The van der Waals surface area contributed by atoms with Gasteiger partial charge in [0.25, 0.3) is 0 Å². The largest absolute Gasteiger partial charge is 0.481 e. The lowest BCUT2D eigenvalue weighted by atomic mass is 9.86. The first-order valence-corrected chi connectivity index (χ1v) is 12.9. The van der Waals surface area contributed by atoms with Gasteiger partial charge in [-0.25, -0.2) is 9.97 Å². The second kappa shape index (κ2) is 15.2. The summed E-state index contributed by atoms with van der Waals surface area (Å²) < 4.78 is 5.36. The third kappa shape index (κ3) is 9.40. The molecule has 7 nitrogen and oxygen atoms in total.